The fraction of sp³-hybridized carbons (Fsp3) is 0.429. The summed E-state index contributed by atoms with van der Waals surface area (Å²) in [6.07, 6.45) is 10.6. The molecule has 0 aromatic rings. The first-order valence-electron chi connectivity index (χ1n) is 2.55. The predicted octanol–water partition coefficient (Wildman–Crippen LogP) is 1.73. The number of terminal acetylenes is 1. The van der Waals surface area contributed by atoms with Crippen molar-refractivity contribution in [3.8, 4) is 12.3 Å². The second-order valence-electron chi connectivity index (χ2n) is 1.78. The predicted molar refractivity (Wildman–Crippen MR) is 30.8 cm³/mol. The molecule has 1 aliphatic carbocycles. The van der Waals surface area contributed by atoms with E-state index in [9.17, 15) is 0 Å². The number of hydrogen-bond acceptors (Lipinski definition) is 0. The zero-order chi connectivity index (χ0) is 5.11. The van der Waals surface area contributed by atoms with Crippen LogP contribution in [0.2, 0.25) is 0 Å². The molecule has 0 amide bonds. The number of rotatable bonds is 1. The minimum atomic E-state index is 0.875. The van der Waals surface area contributed by atoms with Crippen LogP contribution in [0.25, 0.3) is 0 Å². The van der Waals surface area contributed by atoms with E-state index >= 15 is 0 Å². The van der Waals surface area contributed by atoms with Crippen LogP contribution in [-0.4, -0.2) is 0 Å². The third-order valence-electron chi connectivity index (χ3n) is 1.23. The molecule has 0 aromatic carbocycles. The molecule has 0 unspecified atom stereocenters. The van der Waals surface area contributed by atoms with Gasteiger partial charge in [-0.2, -0.15) is 0 Å². The van der Waals surface area contributed by atoms with E-state index in [1.54, 1.807) is 0 Å². The van der Waals surface area contributed by atoms with Gasteiger partial charge < -0.3 is 0 Å². The Balaban J connectivity index is 2.31. The molecule has 0 atom stereocenters. The van der Waals surface area contributed by atoms with Crippen molar-refractivity contribution in [2.24, 2.45) is 0 Å². The zero-order valence-corrected chi connectivity index (χ0v) is 4.28. The van der Waals surface area contributed by atoms with Gasteiger partial charge >= 0.3 is 0 Å². The van der Waals surface area contributed by atoms with Crippen molar-refractivity contribution in [1.29, 1.82) is 0 Å². The molecule has 1 rings (SSSR count). The lowest BCUT2D eigenvalue weighted by molar-refractivity contribution is 0.848. The molecule has 0 radical (unpaired) electrons. The minimum Gasteiger partial charge on any atom is -0.120 e. The largest absolute Gasteiger partial charge is 0.120 e. The van der Waals surface area contributed by atoms with Gasteiger partial charge in [-0.3, -0.25) is 0 Å². The average Bonchev–Trinajstić information content (AvgIpc) is 1.55. The van der Waals surface area contributed by atoms with E-state index < -0.39 is 0 Å². The summed E-state index contributed by atoms with van der Waals surface area (Å²) in [6.45, 7) is 0. The Bertz CT molecular complexity index is 123. The molecule has 1 aliphatic rings. The lowest BCUT2D eigenvalue weighted by atomic mass is 9.97. The molecule has 0 heterocycles. The van der Waals surface area contributed by atoms with Crippen LogP contribution in [0.15, 0.2) is 11.6 Å². The van der Waals surface area contributed by atoms with Crippen LogP contribution in [0.5, 0.6) is 0 Å². The van der Waals surface area contributed by atoms with Gasteiger partial charge in [0.25, 0.3) is 0 Å². The number of allylic oxidation sites excluding steroid dienone is 2. The first-order valence-corrected chi connectivity index (χ1v) is 2.55. The van der Waals surface area contributed by atoms with Gasteiger partial charge in [0.05, 0.1) is 0 Å². The van der Waals surface area contributed by atoms with Gasteiger partial charge in [0.2, 0.25) is 0 Å². The molecule has 0 nitrogen and oxygen atoms in total. The summed E-state index contributed by atoms with van der Waals surface area (Å²) < 4.78 is 0. The molecule has 0 aliphatic heterocycles. The Labute approximate surface area is 44.2 Å². The molecule has 7 heavy (non-hydrogen) atoms. The van der Waals surface area contributed by atoms with E-state index in [1.807, 2.05) is 0 Å². The molecule has 0 N–H and O–H groups in total. The average molecular weight is 92.1 g/mol. The van der Waals surface area contributed by atoms with Crippen molar-refractivity contribution in [3.05, 3.63) is 11.6 Å². The van der Waals surface area contributed by atoms with Gasteiger partial charge in [-0.25, -0.2) is 0 Å². The van der Waals surface area contributed by atoms with E-state index in [-0.39, 0.29) is 0 Å². The zero-order valence-electron chi connectivity index (χ0n) is 4.28. The fourth-order valence-electron chi connectivity index (χ4n) is 0.640. The SMILES string of the molecule is C#CCC1=CCC1. The second-order valence-corrected chi connectivity index (χ2v) is 1.78. The summed E-state index contributed by atoms with van der Waals surface area (Å²) in [5.74, 6) is 2.60. The van der Waals surface area contributed by atoms with Crippen molar-refractivity contribution >= 4 is 0 Å². The van der Waals surface area contributed by atoms with Gasteiger partial charge in [-0.05, 0) is 12.8 Å². The Hall–Kier alpha value is -0.700. The highest BCUT2D eigenvalue weighted by atomic mass is 14.1. The third kappa shape index (κ3) is 0.838. The van der Waals surface area contributed by atoms with E-state index in [4.69, 9.17) is 6.42 Å². The van der Waals surface area contributed by atoms with Crippen molar-refractivity contribution in [2.45, 2.75) is 19.3 Å². The summed E-state index contributed by atoms with van der Waals surface area (Å²) in [4.78, 5) is 0. The first-order chi connectivity index (χ1) is 3.43. The molecule has 0 heteroatoms. The normalized spacial score (nSPS) is 16.7. The lowest BCUT2D eigenvalue weighted by Crippen LogP contribution is -1.90. The van der Waals surface area contributed by atoms with Crippen molar-refractivity contribution < 1.29 is 0 Å². The van der Waals surface area contributed by atoms with Crippen LogP contribution in [0.4, 0.5) is 0 Å². The van der Waals surface area contributed by atoms with Crippen LogP contribution in [-0.2, 0) is 0 Å². The Kier molecular flexibility index (Phi) is 1.17. The van der Waals surface area contributed by atoms with E-state index in [1.165, 1.54) is 18.4 Å². The Morgan fingerprint density at radius 1 is 1.86 bits per heavy atom. The molecule has 0 fully saturated rings. The highest BCUT2D eigenvalue weighted by Gasteiger charge is 2.01. The number of hydrogen-bond donors (Lipinski definition) is 0. The van der Waals surface area contributed by atoms with Gasteiger partial charge in [0.1, 0.15) is 0 Å². The highest BCUT2D eigenvalue weighted by molar-refractivity contribution is 5.17. The summed E-state index contributed by atoms with van der Waals surface area (Å²) in [6, 6.07) is 0. The maximum atomic E-state index is 5.05. The van der Waals surface area contributed by atoms with Crippen molar-refractivity contribution in [1.82, 2.24) is 0 Å². The molecule has 0 spiro atoms. The quantitative estimate of drug-likeness (QED) is 0.341. The smallest absolute Gasteiger partial charge is 0.0296 e. The van der Waals surface area contributed by atoms with Crippen LogP contribution in [0, 0.1) is 12.3 Å². The van der Waals surface area contributed by atoms with Crippen LogP contribution < -0.4 is 0 Å². The van der Waals surface area contributed by atoms with Crippen LogP contribution in [0.3, 0.4) is 0 Å². The Morgan fingerprint density at radius 2 is 2.57 bits per heavy atom. The lowest BCUT2D eigenvalue weighted by Gasteiger charge is -2.09. The fourth-order valence-corrected chi connectivity index (χ4v) is 0.640. The van der Waals surface area contributed by atoms with Gasteiger partial charge in [-0.1, -0.05) is 11.6 Å². The molecular formula is C7H8. The van der Waals surface area contributed by atoms with Gasteiger partial charge in [0, 0.05) is 6.42 Å². The molecule has 0 bridgehead atoms. The summed E-state index contributed by atoms with van der Waals surface area (Å²) in [5.41, 5.74) is 1.45. The van der Waals surface area contributed by atoms with Crippen molar-refractivity contribution in [2.75, 3.05) is 0 Å². The maximum absolute atomic E-state index is 5.05. The van der Waals surface area contributed by atoms with Gasteiger partial charge in [-0.15, -0.1) is 12.3 Å². The monoisotopic (exact) mass is 92.1 g/mol. The van der Waals surface area contributed by atoms with Crippen LogP contribution in [0.1, 0.15) is 19.3 Å². The first kappa shape index (κ1) is 4.46. The summed E-state index contributed by atoms with van der Waals surface area (Å²) in [7, 11) is 0. The second kappa shape index (κ2) is 1.84. The highest BCUT2D eigenvalue weighted by Crippen LogP contribution is 2.19. The molecular weight excluding hydrogens is 84.1 g/mol. The van der Waals surface area contributed by atoms with Gasteiger partial charge in [0.15, 0.2) is 0 Å². The maximum Gasteiger partial charge on any atom is 0.0296 e. The van der Waals surface area contributed by atoms with E-state index in [2.05, 4.69) is 12.0 Å². The minimum absolute atomic E-state index is 0.875. The van der Waals surface area contributed by atoms with E-state index in [0.717, 1.165) is 6.42 Å². The summed E-state index contributed by atoms with van der Waals surface area (Å²) >= 11 is 0. The Morgan fingerprint density at radius 3 is 2.71 bits per heavy atom. The molecule has 36 valence electrons. The molecule has 0 aromatic heterocycles. The summed E-state index contributed by atoms with van der Waals surface area (Å²) in [5, 5.41) is 0. The van der Waals surface area contributed by atoms with Crippen molar-refractivity contribution in [3.63, 3.8) is 0 Å². The topological polar surface area (TPSA) is 0 Å². The third-order valence-corrected chi connectivity index (χ3v) is 1.23. The van der Waals surface area contributed by atoms with E-state index in [0.29, 0.717) is 0 Å². The molecule has 0 saturated carbocycles. The van der Waals surface area contributed by atoms with Crippen LogP contribution >= 0.6 is 0 Å². The molecule has 0 saturated heterocycles. The standard InChI is InChI=1S/C7H8/c1-2-4-7-5-3-6-7/h1,5H,3-4,6H2.